The number of nitrogens with one attached hydrogen (secondary N) is 2. The number of amides is 2. The van der Waals surface area contributed by atoms with E-state index in [0.29, 0.717) is 0 Å². The maximum Gasteiger partial charge on any atom is 0.333 e. The minimum absolute atomic E-state index is 0.0250. The second-order valence-electron chi connectivity index (χ2n) is 19.2. The Morgan fingerprint density at radius 1 is 0.600 bits per heavy atom. The Labute approximate surface area is 425 Å². The summed E-state index contributed by atoms with van der Waals surface area (Å²) in [6.45, 7) is 7.59. The molecular weight excluding hydrogens is 993 g/mol. The minimum atomic E-state index is -4.05. The number of urea groups is 1. The number of anilines is 2. The fraction of sp³-hybridized carbons (Fsp3) is 0.480. The Kier molecular flexibility index (Phi) is 15.6. The number of hydrogen-bond donors (Lipinski definition) is 4. The van der Waals surface area contributed by atoms with E-state index >= 15 is 0 Å². The standard InChI is InChI=1S/C19H23ClN4O3S.C13H12ClNO.C12H14ClN.C6H11N3O2S/c1-11(2)24-10-9-16(22-24)28(26,27)23-19(25)21-18-14-7-3-5-12(14)17(20)13-6-4-8-15(13)18;14-12-8-3-1-5-10(8)13(15-7-16)11-6-2-4-9(11)12;13-11-7-3-1-5-9(7)12(14)10-6-2-4-8(10)11;1-5(2)9-4-3-6(8-9)12(7,10)11/h9-11H,3-8H2,1-2H3,(H2,21,23,25);1-6H2;1-6,14H2;3-5H,1-2H3,(H2,7,10,11). The molecule has 0 saturated heterocycles. The molecule has 0 aliphatic heterocycles. The van der Waals surface area contributed by atoms with E-state index in [1.54, 1.807) is 23.2 Å². The van der Waals surface area contributed by atoms with E-state index in [0.717, 1.165) is 157 Å². The molecule has 0 radical (unpaired) electrons. The zero-order chi connectivity index (χ0) is 50.2. The number of aromatic nitrogens is 4. The molecule has 0 bridgehead atoms. The SMILES string of the molecule is CC(C)n1ccc(S(=O)(=O)NC(=O)Nc2c3c(c(Cl)c4c2CCC4)CCC3)n1.CC(C)n1ccc(S(N)(=O)=O)n1.Nc1c2c(c(Cl)c3c1CCC3)CCC2.O=C=Nc1c2c(c(Cl)c3c1CCC3)CCC2. The van der Waals surface area contributed by atoms with Gasteiger partial charge in [-0.3, -0.25) is 9.36 Å². The number of benzene rings is 3. The van der Waals surface area contributed by atoms with Crippen LogP contribution in [-0.2, 0) is 102 Å². The average Bonchev–Trinajstić information content (AvgIpc) is 4.15. The van der Waals surface area contributed by atoms with Gasteiger partial charge in [0, 0.05) is 50.9 Å². The molecular formula is C50H60Cl3N9O6S2. The lowest BCUT2D eigenvalue weighted by Gasteiger charge is -2.18. The van der Waals surface area contributed by atoms with E-state index < -0.39 is 26.1 Å². The summed E-state index contributed by atoms with van der Waals surface area (Å²) < 4.78 is 51.7. The van der Waals surface area contributed by atoms with Crippen molar-refractivity contribution in [3.63, 3.8) is 0 Å². The molecule has 70 heavy (non-hydrogen) atoms. The van der Waals surface area contributed by atoms with Crippen LogP contribution in [-0.4, -0.2) is 48.5 Å². The van der Waals surface area contributed by atoms with Crippen LogP contribution in [0.5, 0.6) is 0 Å². The van der Waals surface area contributed by atoms with Crippen molar-refractivity contribution < 1.29 is 26.4 Å². The maximum atomic E-state index is 12.6. The van der Waals surface area contributed by atoms with Crippen LogP contribution in [0.15, 0.2) is 39.6 Å². The highest BCUT2D eigenvalue weighted by Gasteiger charge is 2.31. The molecule has 6 aliphatic carbocycles. The molecule has 2 heterocycles. The number of hydrogen-bond acceptors (Lipinski definition) is 10. The number of primary sulfonamides is 1. The van der Waals surface area contributed by atoms with Gasteiger partial charge in [0.15, 0.2) is 10.1 Å². The zero-order valence-corrected chi connectivity index (χ0v) is 43.9. The smallest absolute Gasteiger partial charge is 0.333 e. The molecule has 0 spiro atoms. The van der Waals surface area contributed by atoms with Crippen molar-refractivity contribution in [3.05, 3.63) is 106 Å². The number of isocyanates is 1. The molecule has 0 saturated carbocycles. The third-order valence-electron chi connectivity index (χ3n) is 14.1. The molecule has 374 valence electrons. The summed E-state index contributed by atoms with van der Waals surface area (Å²) in [4.78, 5) is 27.0. The highest BCUT2D eigenvalue weighted by atomic mass is 35.5. The van der Waals surface area contributed by atoms with E-state index in [9.17, 15) is 26.4 Å². The Morgan fingerprint density at radius 2 is 0.943 bits per heavy atom. The van der Waals surface area contributed by atoms with Gasteiger partial charge in [0.1, 0.15) is 0 Å². The van der Waals surface area contributed by atoms with E-state index in [1.807, 2.05) is 27.7 Å². The number of carbonyl (C=O) groups excluding carboxylic acids is 2. The largest absolute Gasteiger partial charge is 0.398 e. The third-order valence-corrected chi connectivity index (χ3v) is 17.5. The molecule has 20 heteroatoms. The number of carbonyl (C=O) groups is 1. The molecule has 11 rings (SSSR count). The molecule has 0 unspecified atom stereocenters. The molecule has 6 aliphatic rings. The topological polar surface area (TPSA) is 227 Å². The van der Waals surface area contributed by atoms with Crippen molar-refractivity contribution >= 4 is 84.0 Å². The summed E-state index contributed by atoms with van der Waals surface area (Å²) >= 11 is 19.4. The molecule has 5 aromatic rings. The summed E-state index contributed by atoms with van der Waals surface area (Å²) in [6.07, 6.45) is 23.6. The third kappa shape index (κ3) is 10.4. The first-order valence-electron chi connectivity index (χ1n) is 24.2. The van der Waals surface area contributed by atoms with Gasteiger partial charge in [0.2, 0.25) is 6.08 Å². The average molecular weight is 1050 g/mol. The van der Waals surface area contributed by atoms with Gasteiger partial charge in [-0.15, -0.1) is 0 Å². The van der Waals surface area contributed by atoms with E-state index in [2.05, 4.69) is 25.2 Å². The summed E-state index contributed by atoms with van der Waals surface area (Å²) in [5, 5.41) is 18.0. The highest BCUT2D eigenvalue weighted by Crippen LogP contribution is 2.46. The number of aliphatic imine (C=N–C) groups is 1. The van der Waals surface area contributed by atoms with Crippen molar-refractivity contribution in [1.82, 2.24) is 24.3 Å². The maximum absolute atomic E-state index is 12.6. The van der Waals surface area contributed by atoms with Gasteiger partial charge < -0.3 is 11.1 Å². The molecule has 2 amide bonds. The zero-order valence-electron chi connectivity index (χ0n) is 40.0. The predicted octanol–water partition coefficient (Wildman–Crippen LogP) is 9.90. The number of sulfonamides is 2. The van der Waals surface area contributed by atoms with Crippen molar-refractivity contribution in [1.29, 1.82) is 0 Å². The number of nitrogen functional groups attached to an aromatic ring is 1. The lowest BCUT2D eigenvalue weighted by molar-refractivity contribution is 0.256. The van der Waals surface area contributed by atoms with Gasteiger partial charge in [0.25, 0.3) is 20.0 Å². The first-order chi connectivity index (χ1) is 33.3. The Hall–Kier alpha value is -4.74. The summed E-state index contributed by atoms with van der Waals surface area (Å²) in [6, 6.07) is 2.16. The van der Waals surface area contributed by atoms with Gasteiger partial charge in [0.05, 0.1) is 5.69 Å². The van der Waals surface area contributed by atoms with Crippen LogP contribution in [0.4, 0.5) is 21.9 Å². The molecule has 6 N–H and O–H groups in total. The van der Waals surface area contributed by atoms with Crippen LogP contribution in [0.1, 0.15) is 145 Å². The molecule has 2 aromatic heterocycles. The van der Waals surface area contributed by atoms with Crippen LogP contribution >= 0.6 is 34.8 Å². The van der Waals surface area contributed by atoms with Crippen LogP contribution < -0.4 is 20.9 Å². The number of fused-ring (bicyclic) bond motifs is 6. The van der Waals surface area contributed by atoms with E-state index in [1.165, 1.54) is 74.2 Å². The summed E-state index contributed by atoms with van der Waals surface area (Å²) in [5.74, 6) is 0. The van der Waals surface area contributed by atoms with Gasteiger partial charge in [-0.05, 0) is 222 Å². The van der Waals surface area contributed by atoms with E-state index in [-0.39, 0.29) is 22.1 Å². The molecule has 3 aromatic carbocycles. The minimum Gasteiger partial charge on any atom is -0.398 e. The fourth-order valence-corrected chi connectivity index (χ4v) is 13.4. The number of rotatable bonds is 7. The Bertz CT molecular complexity index is 3020. The molecule has 15 nitrogen and oxygen atoms in total. The van der Waals surface area contributed by atoms with Crippen molar-refractivity contribution in [2.24, 2.45) is 10.1 Å². The predicted molar refractivity (Wildman–Crippen MR) is 275 cm³/mol. The lowest BCUT2D eigenvalue weighted by atomic mass is 9.98. The van der Waals surface area contributed by atoms with Crippen LogP contribution in [0.3, 0.4) is 0 Å². The summed E-state index contributed by atoms with van der Waals surface area (Å²) in [7, 11) is -7.70. The fourth-order valence-electron chi connectivity index (χ4n) is 10.8. The van der Waals surface area contributed by atoms with Crippen LogP contribution in [0.25, 0.3) is 0 Å². The van der Waals surface area contributed by atoms with Crippen molar-refractivity contribution in [2.45, 2.75) is 165 Å². The summed E-state index contributed by atoms with van der Waals surface area (Å²) in [5.41, 5.74) is 23.5. The highest BCUT2D eigenvalue weighted by molar-refractivity contribution is 7.90. The van der Waals surface area contributed by atoms with Gasteiger partial charge in [-0.2, -0.15) is 23.6 Å². The first kappa shape index (κ1) is 51.6. The van der Waals surface area contributed by atoms with Gasteiger partial charge >= 0.3 is 6.03 Å². The number of nitrogens with zero attached hydrogens (tertiary/aromatic N) is 5. The first-order valence-corrected chi connectivity index (χ1v) is 28.3. The van der Waals surface area contributed by atoms with Crippen molar-refractivity contribution in [2.75, 3.05) is 11.1 Å². The molecule has 0 fully saturated rings. The van der Waals surface area contributed by atoms with Crippen LogP contribution in [0.2, 0.25) is 15.1 Å². The van der Waals surface area contributed by atoms with Gasteiger partial charge in [-0.25, -0.2) is 27.9 Å². The van der Waals surface area contributed by atoms with Crippen LogP contribution in [0, 0.1) is 0 Å². The number of halogens is 3. The lowest BCUT2D eigenvalue weighted by Crippen LogP contribution is -2.35. The second kappa shape index (κ2) is 21.2. The second-order valence-corrected chi connectivity index (χ2v) is 23.5. The van der Waals surface area contributed by atoms with E-state index in [4.69, 9.17) is 45.7 Å². The van der Waals surface area contributed by atoms with Gasteiger partial charge in [-0.1, -0.05) is 34.8 Å². The Balaban J connectivity index is 0.000000134. The molecule has 0 atom stereocenters. The Morgan fingerprint density at radius 3 is 1.31 bits per heavy atom. The number of nitrogens with two attached hydrogens (primary N) is 2. The quantitative estimate of drug-likeness (QED) is 0.0690. The normalized spacial score (nSPS) is 15.9. The monoisotopic (exact) mass is 1050 g/mol. The van der Waals surface area contributed by atoms with Crippen molar-refractivity contribution in [3.8, 4) is 0 Å².